The number of rotatable bonds is 1. The second-order valence-electron chi connectivity index (χ2n) is 2.80. The van der Waals surface area contributed by atoms with Gasteiger partial charge in [0.15, 0.2) is 6.29 Å². The molecule has 0 unspecified atom stereocenters. The number of aliphatic hydroxyl groups excluding tert-OH is 3. The summed E-state index contributed by atoms with van der Waals surface area (Å²) in [6.07, 6.45) is -3.27. The van der Waals surface area contributed by atoms with Crippen LogP contribution in [0.1, 0.15) is 0 Å². The maximum atomic E-state index is 9.28. The lowest BCUT2D eigenvalue weighted by atomic mass is 10.1. The molecule has 3 N–H and O–H groups in total. The van der Waals surface area contributed by atoms with Crippen molar-refractivity contribution in [3.05, 3.63) is 0 Å². The van der Waals surface area contributed by atoms with Gasteiger partial charge in [0.05, 0.1) is 6.61 Å². The van der Waals surface area contributed by atoms with E-state index >= 15 is 0 Å². The van der Waals surface area contributed by atoms with Gasteiger partial charge in [0.1, 0.15) is 24.4 Å². The first kappa shape index (κ1) is 7.45. The lowest BCUT2D eigenvalue weighted by Crippen LogP contribution is -2.46. The van der Waals surface area contributed by atoms with Gasteiger partial charge < -0.3 is 24.8 Å². The fraction of sp³-hybridized carbons (Fsp3) is 1.00. The summed E-state index contributed by atoms with van der Waals surface area (Å²) in [5, 5.41) is 27.0. The van der Waals surface area contributed by atoms with Gasteiger partial charge in [-0.3, -0.25) is 0 Å². The molecule has 0 saturated carbocycles. The molecule has 2 aliphatic rings. The molecule has 0 bridgehead atoms. The zero-order valence-electron chi connectivity index (χ0n) is 5.75. The van der Waals surface area contributed by atoms with E-state index in [9.17, 15) is 5.11 Å². The average molecular weight is 162 g/mol. The summed E-state index contributed by atoms with van der Waals surface area (Å²) in [4.78, 5) is 0. The van der Waals surface area contributed by atoms with Crippen LogP contribution in [0.2, 0.25) is 0 Å². The molecule has 11 heavy (non-hydrogen) atoms. The molecule has 0 amide bonds. The molecule has 5 heteroatoms. The van der Waals surface area contributed by atoms with Crippen molar-refractivity contribution >= 4 is 0 Å². The molecule has 2 aliphatic heterocycles. The molecule has 5 nitrogen and oxygen atoms in total. The van der Waals surface area contributed by atoms with Crippen molar-refractivity contribution in [1.29, 1.82) is 0 Å². The predicted octanol–water partition coefficient (Wildman–Crippen LogP) is -2.18. The van der Waals surface area contributed by atoms with Crippen molar-refractivity contribution in [2.24, 2.45) is 0 Å². The third kappa shape index (κ3) is 1.05. The molecule has 0 aromatic rings. The van der Waals surface area contributed by atoms with Crippen LogP contribution in [0, 0.1) is 0 Å². The summed E-state index contributed by atoms with van der Waals surface area (Å²) in [7, 11) is 0. The van der Waals surface area contributed by atoms with Gasteiger partial charge in [-0.25, -0.2) is 0 Å². The van der Waals surface area contributed by atoms with Crippen molar-refractivity contribution in [2.75, 3.05) is 6.61 Å². The first-order valence-electron chi connectivity index (χ1n) is 3.52. The Kier molecular flexibility index (Phi) is 1.62. The number of ether oxygens (including phenoxy) is 2. The molecule has 0 radical (unpaired) electrons. The Balaban J connectivity index is 2.02. The number of epoxide rings is 1. The molecule has 0 aromatic carbocycles. The maximum absolute atomic E-state index is 9.28. The van der Waals surface area contributed by atoms with Crippen LogP contribution < -0.4 is 0 Å². The van der Waals surface area contributed by atoms with Gasteiger partial charge in [-0.15, -0.1) is 0 Å². The zero-order valence-corrected chi connectivity index (χ0v) is 5.75. The van der Waals surface area contributed by atoms with Crippen molar-refractivity contribution in [3.63, 3.8) is 0 Å². The van der Waals surface area contributed by atoms with Crippen LogP contribution in [0.25, 0.3) is 0 Å². The summed E-state index contributed by atoms with van der Waals surface area (Å²) >= 11 is 0. The zero-order chi connectivity index (χ0) is 8.01. The molecule has 0 aliphatic carbocycles. The van der Waals surface area contributed by atoms with Crippen LogP contribution in [0.5, 0.6) is 0 Å². The quantitative estimate of drug-likeness (QED) is 0.382. The molecule has 2 heterocycles. The van der Waals surface area contributed by atoms with Crippen molar-refractivity contribution in [3.8, 4) is 0 Å². The molecule has 64 valence electrons. The van der Waals surface area contributed by atoms with E-state index in [1.165, 1.54) is 0 Å². The number of hydrogen-bond acceptors (Lipinski definition) is 5. The smallest absolute Gasteiger partial charge is 0.184 e. The van der Waals surface area contributed by atoms with E-state index in [2.05, 4.69) is 0 Å². The highest BCUT2D eigenvalue weighted by Crippen LogP contribution is 2.36. The lowest BCUT2D eigenvalue weighted by Gasteiger charge is -2.26. The van der Waals surface area contributed by atoms with Crippen LogP contribution >= 0.6 is 0 Å². The molecule has 2 rings (SSSR count). The van der Waals surface area contributed by atoms with Gasteiger partial charge in [0.2, 0.25) is 0 Å². The van der Waals surface area contributed by atoms with Gasteiger partial charge in [-0.05, 0) is 0 Å². The Labute approximate surface area is 63.2 Å². The van der Waals surface area contributed by atoms with E-state index in [1.807, 2.05) is 0 Å². The van der Waals surface area contributed by atoms with E-state index in [4.69, 9.17) is 19.7 Å². The Morgan fingerprint density at radius 3 is 2.45 bits per heavy atom. The molecular formula is C6H10O5. The third-order valence-corrected chi connectivity index (χ3v) is 2.05. The minimum Gasteiger partial charge on any atom is -0.394 e. The second kappa shape index (κ2) is 2.40. The average Bonchev–Trinajstić information content (AvgIpc) is 2.75. The summed E-state index contributed by atoms with van der Waals surface area (Å²) in [6, 6.07) is 0. The Morgan fingerprint density at radius 1 is 1.09 bits per heavy atom. The molecule has 2 saturated heterocycles. The van der Waals surface area contributed by atoms with Gasteiger partial charge in [0.25, 0.3) is 0 Å². The summed E-state index contributed by atoms with van der Waals surface area (Å²) in [5.74, 6) is 0. The van der Waals surface area contributed by atoms with Gasteiger partial charge in [-0.2, -0.15) is 0 Å². The number of hydrogen-bond donors (Lipinski definition) is 3. The van der Waals surface area contributed by atoms with E-state index in [0.29, 0.717) is 0 Å². The highest BCUT2D eigenvalue weighted by Gasteiger charge is 2.56. The van der Waals surface area contributed by atoms with E-state index in [0.717, 1.165) is 0 Å². The van der Waals surface area contributed by atoms with E-state index in [1.54, 1.807) is 0 Å². The van der Waals surface area contributed by atoms with Crippen LogP contribution in [-0.2, 0) is 9.47 Å². The predicted molar refractivity (Wildman–Crippen MR) is 32.6 cm³/mol. The SMILES string of the molecule is OC[C@H]1O[C@H](O)[C@@H]2O[C@H]2[C@H]1O. The highest BCUT2D eigenvalue weighted by molar-refractivity contribution is 4.99. The first-order chi connectivity index (χ1) is 5.24. The molecule has 0 spiro atoms. The fourth-order valence-electron chi connectivity index (χ4n) is 1.34. The summed E-state index contributed by atoms with van der Waals surface area (Å²) in [5.41, 5.74) is 0. The van der Waals surface area contributed by atoms with Crippen LogP contribution in [-0.4, -0.2) is 52.6 Å². The van der Waals surface area contributed by atoms with Gasteiger partial charge >= 0.3 is 0 Å². The molecular weight excluding hydrogens is 152 g/mol. The standard InChI is InChI=1S/C6H10O5/c7-1-2-3(8)4-5(11-4)6(9)10-2/h2-9H,1H2/t2-,3+,4+,5-,6+/m1/s1. The lowest BCUT2D eigenvalue weighted by molar-refractivity contribution is -0.194. The van der Waals surface area contributed by atoms with E-state index < -0.39 is 24.6 Å². The van der Waals surface area contributed by atoms with Gasteiger partial charge in [0, 0.05) is 0 Å². The fourth-order valence-corrected chi connectivity index (χ4v) is 1.34. The highest BCUT2D eigenvalue weighted by atomic mass is 16.7. The monoisotopic (exact) mass is 162 g/mol. The van der Waals surface area contributed by atoms with Gasteiger partial charge in [-0.1, -0.05) is 0 Å². The number of aliphatic hydroxyl groups is 3. The van der Waals surface area contributed by atoms with Crippen LogP contribution in [0.15, 0.2) is 0 Å². The second-order valence-corrected chi connectivity index (χ2v) is 2.80. The van der Waals surface area contributed by atoms with Crippen LogP contribution in [0.4, 0.5) is 0 Å². The Morgan fingerprint density at radius 2 is 1.82 bits per heavy atom. The molecule has 2 fully saturated rings. The van der Waals surface area contributed by atoms with E-state index in [-0.39, 0.29) is 12.7 Å². The number of fused-ring (bicyclic) bond motifs is 1. The minimum atomic E-state index is -0.999. The first-order valence-corrected chi connectivity index (χ1v) is 3.52. The largest absolute Gasteiger partial charge is 0.394 e. The Bertz CT molecular complexity index is 161. The summed E-state index contributed by atoms with van der Waals surface area (Å²) in [6.45, 7) is -0.301. The normalized spacial score (nSPS) is 55.4. The topological polar surface area (TPSA) is 82.5 Å². The maximum Gasteiger partial charge on any atom is 0.184 e. The minimum absolute atomic E-state index is 0.301. The Hall–Kier alpha value is -0.200. The van der Waals surface area contributed by atoms with Crippen molar-refractivity contribution in [1.82, 2.24) is 0 Å². The molecule has 0 aromatic heterocycles. The van der Waals surface area contributed by atoms with Crippen molar-refractivity contribution in [2.45, 2.75) is 30.7 Å². The van der Waals surface area contributed by atoms with Crippen molar-refractivity contribution < 1.29 is 24.8 Å². The van der Waals surface area contributed by atoms with Crippen LogP contribution in [0.3, 0.4) is 0 Å². The summed E-state index contributed by atoms with van der Waals surface area (Å²) < 4.78 is 9.73. The molecule has 5 atom stereocenters. The third-order valence-electron chi connectivity index (χ3n) is 2.05.